The van der Waals surface area contributed by atoms with E-state index in [1.54, 1.807) is 32.5 Å². The first-order valence-electron chi connectivity index (χ1n) is 9.61. The number of rotatable bonds is 5. The van der Waals surface area contributed by atoms with Crippen molar-refractivity contribution in [1.29, 1.82) is 5.26 Å². The molecule has 1 amide bonds. The van der Waals surface area contributed by atoms with Crippen molar-refractivity contribution >= 4 is 22.6 Å². The Hall–Kier alpha value is -4.37. The lowest BCUT2D eigenvalue weighted by Gasteiger charge is -2.18. The number of pyridine rings is 1. The van der Waals surface area contributed by atoms with Gasteiger partial charge in [-0.2, -0.15) is 5.26 Å². The van der Waals surface area contributed by atoms with Crippen LogP contribution in [0, 0.1) is 11.3 Å². The molecule has 0 radical (unpaired) electrons. The fraction of sp³-hybridized carbons (Fsp3) is 0.0800. The SMILES string of the molecule is C=CC(=O)N(C)c1cc(OC)cc(-c2cnc3[nH]cc(-c4cccc(C#N)c4)c3c2)c1. The summed E-state index contributed by atoms with van der Waals surface area (Å²) in [5.74, 6) is 0.422. The Labute approximate surface area is 180 Å². The molecule has 4 aromatic rings. The predicted molar refractivity (Wildman–Crippen MR) is 122 cm³/mol. The second-order valence-corrected chi connectivity index (χ2v) is 7.04. The standard InChI is InChI=1S/C25H20N4O2/c1-4-24(30)29(2)20-9-18(10-21(12-20)31-3)19-11-22-23(15-28-25(22)27-14-19)17-7-5-6-16(8-17)13-26/h4-12,14-15H,1H2,2-3H3,(H,27,28). The predicted octanol–water partition coefficient (Wildman–Crippen LogP) is 4.93. The molecule has 6 heteroatoms. The number of ether oxygens (including phenoxy) is 1. The molecule has 31 heavy (non-hydrogen) atoms. The Kier molecular flexibility index (Phi) is 5.25. The minimum atomic E-state index is -0.210. The van der Waals surface area contributed by atoms with E-state index in [2.05, 4.69) is 22.6 Å². The molecule has 0 unspecified atom stereocenters. The Morgan fingerprint density at radius 2 is 2.03 bits per heavy atom. The molecular weight excluding hydrogens is 388 g/mol. The molecule has 2 heterocycles. The summed E-state index contributed by atoms with van der Waals surface area (Å²) in [5, 5.41) is 10.2. The minimum Gasteiger partial charge on any atom is -0.497 e. The van der Waals surface area contributed by atoms with Crippen LogP contribution in [0.3, 0.4) is 0 Å². The van der Waals surface area contributed by atoms with Crippen molar-refractivity contribution in [3.05, 3.63) is 79.1 Å². The zero-order valence-electron chi connectivity index (χ0n) is 17.2. The molecule has 0 aliphatic rings. The number of benzene rings is 2. The van der Waals surface area contributed by atoms with Crippen molar-refractivity contribution < 1.29 is 9.53 Å². The molecule has 6 nitrogen and oxygen atoms in total. The van der Waals surface area contributed by atoms with Crippen LogP contribution in [-0.4, -0.2) is 30.0 Å². The molecule has 0 saturated heterocycles. The largest absolute Gasteiger partial charge is 0.497 e. The molecule has 2 aromatic heterocycles. The first-order chi connectivity index (χ1) is 15.0. The van der Waals surface area contributed by atoms with Crippen molar-refractivity contribution in [2.45, 2.75) is 0 Å². The Morgan fingerprint density at radius 1 is 1.19 bits per heavy atom. The maximum absolute atomic E-state index is 12.1. The number of aromatic amines is 1. The number of methoxy groups -OCH3 is 1. The van der Waals surface area contributed by atoms with Gasteiger partial charge in [-0.3, -0.25) is 4.79 Å². The summed E-state index contributed by atoms with van der Waals surface area (Å²) in [7, 11) is 3.28. The second-order valence-electron chi connectivity index (χ2n) is 7.04. The maximum atomic E-state index is 12.1. The summed E-state index contributed by atoms with van der Waals surface area (Å²) >= 11 is 0. The van der Waals surface area contributed by atoms with Crippen molar-refractivity contribution in [3.8, 4) is 34.1 Å². The van der Waals surface area contributed by atoms with Gasteiger partial charge in [0.15, 0.2) is 0 Å². The Balaban J connectivity index is 1.84. The molecule has 0 spiro atoms. The first kappa shape index (κ1) is 19.9. The molecule has 2 aromatic carbocycles. The number of nitrogens with one attached hydrogen (secondary N) is 1. The summed E-state index contributed by atoms with van der Waals surface area (Å²) in [6.07, 6.45) is 4.95. The highest BCUT2D eigenvalue weighted by atomic mass is 16.5. The molecular formula is C25H20N4O2. The number of aromatic nitrogens is 2. The number of hydrogen-bond acceptors (Lipinski definition) is 4. The number of nitriles is 1. The normalized spacial score (nSPS) is 10.5. The number of amides is 1. The van der Waals surface area contributed by atoms with Crippen LogP contribution in [0.4, 0.5) is 5.69 Å². The third kappa shape index (κ3) is 3.77. The number of hydrogen-bond donors (Lipinski definition) is 1. The van der Waals surface area contributed by atoms with Gasteiger partial charge >= 0.3 is 0 Å². The highest BCUT2D eigenvalue weighted by Crippen LogP contribution is 2.34. The van der Waals surface area contributed by atoms with Gasteiger partial charge in [0.05, 0.1) is 18.7 Å². The van der Waals surface area contributed by atoms with Crippen LogP contribution in [0.1, 0.15) is 5.56 Å². The summed E-state index contributed by atoms with van der Waals surface area (Å²) in [6, 6.07) is 17.3. The van der Waals surface area contributed by atoms with E-state index in [1.807, 2.05) is 42.6 Å². The van der Waals surface area contributed by atoms with Gasteiger partial charge in [0, 0.05) is 47.7 Å². The average Bonchev–Trinajstić information content (AvgIpc) is 3.26. The number of H-pyrrole nitrogens is 1. The van der Waals surface area contributed by atoms with Crippen LogP contribution >= 0.6 is 0 Å². The lowest BCUT2D eigenvalue weighted by atomic mass is 10.0. The van der Waals surface area contributed by atoms with Gasteiger partial charge in [0.2, 0.25) is 5.91 Å². The number of carbonyl (C=O) groups is 1. The van der Waals surface area contributed by atoms with Gasteiger partial charge in [-0.15, -0.1) is 0 Å². The smallest absolute Gasteiger partial charge is 0.250 e. The van der Waals surface area contributed by atoms with Crippen molar-refractivity contribution in [2.75, 3.05) is 19.1 Å². The lowest BCUT2D eigenvalue weighted by Crippen LogP contribution is -2.23. The second kappa shape index (κ2) is 8.17. The van der Waals surface area contributed by atoms with Gasteiger partial charge in [-0.1, -0.05) is 18.7 Å². The van der Waals surface area contributed by atoms with E-state index in [0.717, 1.165) is 33.3 Å². The fourth-order valence-electron chi connectivity index (χ4n) is 3.48. The molecule has 0 bridgehead atoms. The average molecular weight is 408 g/mol. The van der Waals surface area contributed by atoms with Gasteiger partial charge in [0.1, 0.15) is 11.4 Å². The summed E-state index contributed by atoms with van der Waals surface area (Å²) in [5.41, 5.74) is 5.69. The maximum Gasteiger partial charge on any atom is 0.250 e. The molecule has 1 N–H and O–H groups in total. The van der Waals surface area contributed by atoms with Crippen molar-refractivity contribution in [2.24, 2.45) is 0 Å². The highest BCUT2D eigenvalue weighted by Gasteiger charge is 2.14. The van der Waals surface area contributed by atoms with E-state index in [0.29, 0.717) is 17.0 Å². The third-order valence-electron chi connectivity index (χ3n) is 5.19. The molecule has 0 aliphatic heterocycles. The van der Waals surface area contributed by atoms with Gasteiger partial charge < -0.3 is 14.6 Å². The molecule has 0 atom stereocenters. The molecule has 4 rings (SSSR count). The van der Waals surface area contributed by atoms with E-state index < -0.39 is 0 Å². The van der Waals surface area contributed by atoms with E-state index in [4.69, 9.17) is 4.74 Å². The minimum absolute atomic E-state index is 0.210. The number of nitrogens with zero attached hydrogens (tertiary/aromatic N) is 3. The van der Waals surface area contributed by atoms with Crippen LogP contribution < -0.4 is 9.64 Å². The van der Waals surface area contributed by atoms with Gasteiger partial charge in [-0.05, 0) is 47.5 Å². The van der Waals surface area contributed by atoms with E-state index in [9.17, 15) is 10.1 Å². The van der Waals surface area contributed by atoms with Crippen molar-refractivity contribution in [3.63, 3.8) is 0 Å². The number of likely N-dealkylation sites (N-methyl/N-ethyl adjacent to an activating group) is 1. The number of carbonyl (C=O) groups excluding carboxylic acids is 1. The van der Waals surface area contributed by atoms with Crippen LogP contribution in [-0.2, 0) is 4.79 Å². The first-order valence-corrected chi connectivity index (χ1v) is 9.61. The van der Waals surface area contributed by atoms with E-state index in [-0.39, 0.29) is 5.91 Å². The number of anilines is 1. The topological polar surface area (TPSA) is 82.0 Å². The van der Waals surface area contributed by atoms with E-state index in [1.165, 1.54) is 11.0 Å². The monoisotopic (exact) mass is 408 g/mol. The van der Waals surface area contributed by atoms with Crippen molar-refractivity contribution in [1.82, 2.24) is 9.97 Å². The van der Waals surface area contributed by atoms with Crippen LogP contribution in [0.25, 0.3) is 33.3 Å². The fourth-order valence-corrected chi connectivity index (χ4v) is 3.48. The summed E-state index contributed by atoms with van der Waals surface area (Å²) in [6.45, 7) is 3.55. The van der Waals surface area contributed by atoms with E-state index >= 15 is 0 Å². The zero-order valence-corrected chi connectivity index (χ0v) is 17.2. The Bertz CT molecular complexity index is 1350. The quantitative estimate of drug-likeness (QED) is 0.475. The molecule has 0 saturated carbocycles. The summed E-state index contributed by atoms with van der Waals surface area (Å²) in [4.78, 5) is 21.4. The molecule has 0 aliphatic carbocycles. The Morgan fingerprint density at radius 3 is 2.77 bits per heavy atom. The summed E-state index contributed by atoms with van der Waals surface area (Å²) < 4.78 is 5.45. The van der Waals surface area contributed by atoms with Crippen LogP contribution in [0.15, 0.2) is 73.6 Å². The zero-order chi connectivity index (χ0) is 22.0. The van der Waals surface area contributed by atoms with Gasteiger partial charge in [0.25, 0.3) is 0 Å². The number of fused-ring (bicyclic) bond motifs is 1. The highest BCUT2D eigenvalue weighted by molar-refractivity contribution is 6.01. The molecule has 0 fully saturated rings. The van der Waals surface area contributed by atoms with Crippen LogP contribution in [0.2, 0.25) is 0 Å². The lowest BCUT2D eigenvalue weighted by molar-refractivity contribution is -0.113. The molecule has 152 valence electrons. The third-order valence-corrected chi connectivity index (χ3v) is 5.19. The van der Waals surface area contributed by atoms with Crippen LogP contribution in [0.5, 0.6) is 5.75 Å². The van der Waals surface area contributed by atoms with Gasteiger partial charge in [-0.25, -0.2) is 4.98 Å².